The van der Waals surface area contributed by atoms with Gasteiger partial charge in [-0.1, -0.05) is 12.1 Å². The number of fused-ring (bicyclic) bond motifs is 1. The van der Waals surface area contributed by atoms with Crippen LogP contribution in [0.2, 0.25) is 0 Å². The number of aromatic hydroxyl groups is 1. The van der Waals surface area contributed by atoms with Crippen molar-refractivity contribution in [1.82, 2.24) is 14.6 Å². The van der Waals surface area contributed by atoms with Gasteiger partial charge in [0.2, 0.25) is 5.88 Å². The van der Waals surface area contributed by atoms with E-state index >= 15 is 0 Å². The van der Waals surface area contributed by atoms with Crippen LogP contribution in [0, 0.1) is 0 Å². The van der Waals surface area contributed by atoms with Crippen molar-refractivity contribution in [3.05, 3.63) is 48.3 Å². The number of rotatable bonds is 1. The molecular formula is C13H8F3N3O. The monoisotopic (exact) mass is 279 g/mol. The van der Waals surface area contributed by atoms with E-state index in [1.54, 1.807) is 0 Å². The molecule has 0 spiro atoms. The average molecular weight is 279 g/mol. The summed E-state index contributed by atoms with van der Waals surface area (Å²) in [6, 6.07) is 6.24. The third-order valence-electron chi connectivity index (χ3n) is 2.88. The Labute approximate surface area is 111 Å². The Hall–Kier alpha value is -2.57. The van der Waals surface area contributed by atoms with E-state index in [0.29, 0.717) is 16.8 Å². The summed E-state index contributed by atoms with van der Waals surface area (Å²) in [5.74, 6) is -0.131. The van der Waals surface area contributed by atoms with Crippen LogP contribution in [0.1, 0.15) is 5.56 Å². The first kappa shape index (κ1) is 12.5. The van der Waals surface area contributed by atoms with Crippen LogP contribution in [0.5, 0.6) is 5.88 Å². The molecule has 2 aromatic heterocycles. The van der Waals surface area contributed by atoms with Crippen molar-refractivity contribution >= 4 is 5.65 Å². The predicted molar refractivity (Wildman–Crippen MR) is 65.1 cm³/mol. The number of benzene rings is 1. The highest BCUT2D eigenvalue weighted by Gasteiger charge is 2.30. The zero-order valence-electron chi connectivity index (χ0n) is 9.96. The van der Waals surface area contributed by atoms with E-state index in [2.05, 4.69) is 10.1 Å². The lowest BCUT2D eigenvalue weighted by Crippen LogP contribution is -2.04. The maximum absolute atomic E-state index is 12.7. The fourth-order valence-corrected chi connectivity index (χ4v) is 1.95. The number of halogens is 3. The number of aromatic nitrogens is 3. The molecule has 0 aliphatic carbocycles. The van der Waals surface area contributed by atoms with Crippen LogP contribution >= 0.6 is 0 Å². The zero-order chi connectivity index (χ0) is 14.3. The molecule has 3 aromatic rings. The van der Waals surface area contributed by atoms with Crippen LogP contribution < -0.4 is 0 Å². The van der Waals surface area contributed by atoms with Gasteiger partial charge in [0.15, 0.2) is 5.65 Å². The molecule has 4 nitrogen and oxygen atoms in total. The maximum Gasteiger partial charge on any atom is 0.416 e. The van der Waals surface area contributed by atoms with Crippen molar-refractivity contribution in [3.8, 4) is 17.0 Å². The van der Waals surface area contributed by atoms with Crippen molar-refractivity contribution in [1.29, 1.82) is 0 Å². The Morgan fingerprint density at radius 3 is 2.70 bits per heavy atom. The zero-order valence-corrected chi connectivity index (χ0v) is 9.96. The number of hydrogen-bond acceptors (Lipinski definition) is 3. The Bertz CT molecular complexity index is 780. The van der Waals surface area contributed by atoms with Crippen LogP contribution in [-0.2, 0) is 6.18 Å². The number of alkyl halides is 3. The second-order valence-electron chi connectivity index (χ2n) is 4.18. The molecule has 0 amide bonds. The van der Waals surface area contributed by atoms with Gasteiger partial charge in [0, 0.05) is 17.8 Å². The van der Waals surface area contributed by atoms with Crippen LogP contribution in [0.3, 0.4) is 0 Å². The van der Waals surface area contributed by atoms with Crippen molar-refractivity contribution in [2.24, 2.45) is 0 Å². The molecule has 0 unspecified atom stereocenters. The van der Waals surface area contributed by atoms with E-state index in [1.165, 1.54) is 30.6 Å². The molecule has 0 radical (unpaired) electrons. The standard InChI is InChI=1S/C13H8F3N3O/c14-13(15,16)9-3-1-2-8(6-9)10-7-18-19-11(20)4-5-17-12(10)19/h1-7,20H. The lowest BCUT2D eigenvalue weighted by molar-refractivity contribution is -0.137. The van der Waals surface area contributed by atoms with Crippen LogP contribution in [-0.4, -0.2) is 19.7 Å². The Kier molecular flexibility index (Phi) is 2.63. The van der Waals surface area contributed by atoms with Crippen LogP contribution in [0.25, 0.3) is 16.8 Å². The maximum atomic E-state index is 12.7. The minimum absolute atomic E-state index is 0.131. The molecule has 102 valence electrons. The lowest BCUT2D eigenvalue weighted by Gasteiger charge is -2.07. The summed E-state index contributed by atoms with van der Waals surface area (Å²) in [6.07, 6.45) is -1.67. The summed E-state index contributed by atoms with van der Waals surface area (Å²) in [7, 11) is 0. The Morgan fingerprint density at radius 2 is 1.95 bits per heavy atom. The van der Waals surface area contributed by atoms with Crippen molar-refractivity contribution in [2.75, 3.05) is 0 Å². The van der Waals surface area contributed by atoms with Crippen molar-refractivity contribution < 1.29 is 18.3 Å². The second kappa shape index (κ2) is 4.22. The summed E-state index contributed by atoms with van der Waals surface area (Å²) in [5.41, 5.74) is 0.318. The molecule has 1 N–H and O–H groups in total. The van der Waals surface area contributed by atoms with Crippen LogP contribution in [0.4, 0.5) is 13.2 Å². The van der Waals surface area contributed by atoms with Gasteiger partial charge in [-0.05, 0) is 17.7 Å². The van der Waals surface area contributed by atoms with E-state index in [-0.39, 0.29) is 5.88 Å². The quantitative estimate of drug-likeness (QED) is 0.744. The van der Waals surface area contributed by atoms with Gasteiger partial charge in [0.05, 0.1) is 11.8 Å². The van der Waals surface area contributed by atoms with E-state index in [1.807, 2.05) is 0 Å². The molecule has 0 saturated carbocycles. The smallest absolute Gasteiger partial charge is 0.416 e. The normalized spacial score (nSPS) is 11.9. The molecule has 0 aliphatic heterocycles. The predicted octanol–water partition coefficient (Wildman–Crippen LogP) is 3.12. The highest BCUT2D eigenvalue weighted by Crippen LogP contribution is 2.33. The first-order chi connectivity index (χ1) is 9.47. The highest BCUT2D eigenvalue weighted by atomic mass is 19.4. The topological polar surface area (TPSA) is 50.4 Å². The van der Waals surface area contributed by atoms with Gasteiger partial charge in [0.25, 0.3) is 0 Å². The average Bonchev–Trinajstić information content (AvgIpc) is 2.83. The minimum Gasteiger partial charge on any atom is -0.493 e. The molecule has 7 heteroatoms. The third-order valence-corrected chi connectivity index (χ3v) is 2.88. The van der Waals surface area contributed by atoms with E-state index in [9.17, 15) is 18.3 Å². The molecular weight excluding hydrogens is 271 g/mol. The lowest BCUT2D eigenvalue weighted by atomic mass is 10.1. The van der Waals surface area contributed by atoms with Gasteiger partial charge in [-0.15, -0.1) is 0 Å². The summed E-state index contributed by atoms with van der Waals surface area (Å²) < 4.78 is 39.3. The summed E-state index contributed by atoms with van der Waals surface area (Å²) in [5, 5.41) is 13.5. The van der Waals surface area contributed by atoms with Crippen LogP contribution in [0.15, 0.2) is 42.7 Å². The summed E-state index contributed by atoms with van der Waals surface area (Å²) >= 11 is 0. The Balaban J connectivity index is 2.19. The first-order valence-corrected chi connectivity index (χ1v) is 5.66. The molecule has 1 aromatic carbocycles. The minimum atomic E-state index is -4.41. The molecule has 0 atom stereocenters. The van der Waals surface area contributed by atoms with E-state index < -0.39 is 11.7 Å². The molecule has 3 rings (SSSR count). The summed E-state index contributed by atoms with van der Waals surface area (Å²) in [6.45, 7) is 0. The third kappa shape index (κ3) is 1.97. The summed E-state index contributed by atoms with van der Waals surface area (Å²) in [4.78, 5) is 4.03. The number of nitrogens with zero attached hydrogens (tertiary/aromatic N) is 3. The molecule has 0 bridgehead atoms. The molecule has 0 aliphatic rings. The van der Waals surface area contributed by atoms with Crippen molar-refractivity contribution in [2.45, 2.75) is 6.18 Å². The highest BCUT2D eigenvalue weighted by molar-refractivity contribution is 5.77. The first-order valence-electron chi connectivity index (χ1n) is 5.66. The largest absolute Gasteiger partial charge is 0.493 e. The van der Waals surface area contributed by atoms with E-state index in [4.69, 9.17) is 0 Å². The molecule has 0 saturated heterocycles. The SMILES string of the molecule is Oc1ccnc2c(-c3cccc(C(F)(F)F)c3)cnn12. The van der Waals surface area contributed by atoms with Gasteiger partial charge < -0.3 is 5.11 Å². The Morgan fingerprint density at radius 1 is 1.15 bits per heavy atom. The fraction of sp³-hybridized carbons (Fsp3) is 0.0769. The fourth-order valence-electron chi connectivity index (χ4n) is 1.95. The van der Waals surface area contributed by atoms with Gasteiger partial charge in [-0.25, -0.2) is 4.98 Å². The van der Waals surface area contributed by atoms with Gasteiger partial charge in [-0.3, -0.25) is 0 Å². The second-order valence-corrected chi connectivity index (χ2v) is 4.18. The molecule has 0 fully saturated rings. The van der Waals surface area contributed by atoms with Crippen molar-refractivity contribution in [3.63, 3.8) is 0 Å². The molecule has 20 heavy (non-hydrogen) atoms. The van der Waals surface area contributed by atoms with E-state index in [0.717, 1.165) is 16.6 Å². The van der Waals surface area contributed by atoms with Gasteiger partial charge in [-0.2, -0.15) is 22.8 Å². The molecule has 2 heterocycles. The van der Waals surface area contributed by atoms with Gasteiger partial charge >= 0.3 is 6.18 Å². The number of hydrogen-bond donors (Lipinski definition) is 1. The van der Waals surface area contributed by atoms with Gasteiger partial charge in [0.1, 0.15) is 0 Å².